The Bertz CT molecular complexity index is 959. The van der Waals surface area contributed by atoms with Crippen LogP contribution in [0.5, 0.6) is 0 Å². The summed E-state index contributed by atoms with van der Waals surface area (Å²) >= 11 is 6.05. The standard InChI is InChI=1S/C23H21ClN2O2/c1-16-12-13-19(24)15-20(16)25-23(28)21(14-17-8-4-2-5-9-17)26-22(27)18-10-6-3-7-11-18/h2-13,15,21H,14H2,1H3,(H,25,28)(H,26,27). The van der Waals surface area contributed by atoms with Crippen molar-refractivity contribution in [3.05, 3.63) is 101 Å². The van der Waals surface area contributed by atoms with Crippen molar-refractivity contribution in [3.63, 3.8) is 0 Å². The summed E-state index contributed by atoms with van der Waals surface area (Å²) in [7, 11) is 0. The average Bonchev–Trinajstić information content (AvgIpc) is 2.71. The monoisotopic (exact) mass is 392 g/mol. The predicted octanol–water partition coefficient (Wildman–Crippen LogP) is 4.63. The van der Waals surface area contributed by atoms with Gasteiger partial charge in [0.1, 0.15) is 6.04 Å². The minimum atomic E-state index is -0.728. The molecule has 2 amide bonds. The lowest BCUT2D eigenvalue weighted by Gasteiger charge is -2.19. The summed E-state index contributed by atoms with van der Waals surface area (Å²) in [6, 6.07) is 23.0. The molecule has 5 heteroatoms. The number of carbonyl (C=O) groups excluding carboxylic acids is 2. The van der Waals surface area contributed by atoms with Crippen LogP contribution in [0.25, 0.3) is 0 Å². The molecular formula is C23H21ClN2O2. The van der Waals surface area contributed by atoms with E-state index in [1.807, 2.05) is 49.4 Å². The molecule has 0 radical (unpaired) electrons. The van der Waals surface area contributed by atoms with Gasteiger partial charge >= 0.3 is 0 Å². The highest BCUT2D eigenvalue weighted by Crippen LogP contribution is 2.20. The first kappa shape index (κ1) is 19.6. The molecule has 0 aromatic heterocycles. The fourth-order valence-corrected chi connectivity index (χ4v) is 3.01. The molecule has 0 aliphatic carbocycles. The molecule has 4 nitrogen and oxygen atoms in total. The molecule has 0 bridgehead atoms. The number of hydrogen-bond acceptors (Lipinski definition) is 2. The van der Waals surface area contributed by atoms with Gasteiger partial charge in [-0.25, -0.2) is 0 Å². The Balaban J connectivity index is 1.81. The highest BCUT2D eigenvalue weighted by molar-refractivity contribution is 6.31. The molecule has 3 rings (SSSR count). The molecule has 0 fully saturated rings. The van der Waals surface area contributed by atoms with Gasteiger partial charge in [0.05, 0.1) is 0 Å². The molecule has 3 aromatic carbocycles. The van der Waals surface area contributed by atoms with Gasteiger partial charge < -0.3 is 10.6 Å². The molecular weight excluding hydrogens is 372 g/mol. The lowest BCUT2D eigenvalue weighted by Crippen LogP contribution is -2.45. The highest BCUT2D eigenvalue weighted by atomic mass is 35.5. The Hall–Kier alpha value is -3.11. The van der Waals surface area contributed by atoms with Crippen molar-refractivity contribution in [2.45, 2.75) is 19.4 Å². The van der Waals surface area contributed by atoms with Crippen LogP contribution in [0.3, 0.4) is 0 Å². The zero-order valence-electron chi connectivity index (χ0n) is 15.5. The van der Waals surface area contributed by atoms with Crippen molar-refractivity contribution in [1.29, 1.82) is 0 Å². The molecule has 0 saturated carbocycles. The fraction of sp³-hybridized carbons (Fsp3) is 0.130. The second kappa shape index (κ2) is 9.20. The van der Waals surface area contributed by atoms with Crippen molar-refractivity contribution < 1.29 is 9.59 Å². The van der Waals surface area contributed by atoms with Crippen LogP contribution >= 0.6 is 11.6 Å². The number of rotatable bonds is 6. The Morgan fingerprint density at radius 1 is 0.929 bits per heavy atom. The predicted molar refractivity (Wildman–Crippen MR) is 113 cm³/mol. The Kier molecular flexibility index (Phi) is 6.45. The van der Waals surface area contributed by atoms with Gasteiger partial charge in [0, 0.05) is 22.7 Å². The Morgan fingerprint density at radius 2 is 1.57 bits per heavy atom. The zero-order valence-corrected chi connectivity index (χ0v) is 16.2. The van der Waals surface area contributed by atoms with E-state index in [-0.39, 0.29) is 11.8 Å². The quantitative estimate of drug-likeness (QED) is 0.642. The molecule has 0 aliphatic heterocycles. The first-order valence-corrected chi connectivity index (χ1v) is 9.37. The van der Waals surface area contributed by atoms with E-state index < -0.39 is 6.04 Å². The number of carbonyl (C=O) groups is 2. The highest BCUT2D eigenvalue weighted by Gasteiger charge is 2.22. The summed E-state index contributed by atoms with van der Waals surface area (Å²) < 4.78 is 0. The first-order valence-electron chi connectivity index (χ1n) is 9.00. The van der Waals surface area contributed by atoms with Crippen molar-refractivity contribution >= 4 is 29.1 Å². The third-order valence-corrected chi connectivity index (χ3v) is 4.63. The average molecular weight is 393 g/mol. The van der Waals surface area contributed by atoms with Crippen molar-refractivity contribution in [2.75, 3.05) is 5.32 Å². The van der Waals surface area contributed by atoms with Gasteiger partial charge in [-0.15, -0.1) is 0 Å². The summed E-state index contributed by atoms with van der Waals surface area (Å²) in [5, 5.41) is 6.28. The van der Waals surface area contributed by atoms with E-state index in [1.54, 1.807) is 36.4 Å². The topological polar surface area (TPSA) is 58.2 Å². The number of benzene rings is 3. The maximum Gasteiger partial charge on any atom is 0.251 e. The first-order chi connectivity index (χ1) is 13.5. The summed E-state index contributed by atoms with van der Waals surface area (Å²) in [6.07, 6.45) is 0.380. The summed E-state index contributed by atoms with van der Waals surface area (Å²) in [6.45, 7) is 1.89. The van der Waals surface area contributed by atoms with Gasteiger partial charge in [-0.2, -0.15) is 0 Å². The third kappa shape index (κ3) is 5.21. The maximum absolute atomic E-state index is 13.0. The van der Waals surface area contributed by atoms with Crippen molar-refractivity contribution in [2.24, 2.45) is 0 Å². The largest absolute Gasteiger partial charge is 0.340 e. The zero-order chi connectivity index (χ0) is 19.9. The number of hydrogen-bond donors (Lipinski definition) is 2. The van der Waals surface area contributed by atoms with Crippen LogP contribution in [0.4, 0.5) is 5.69 Å². The number of halogens is 1. The van der Waals surface area contributed by atoms with E-state index in [4.69, 9.17) is 11.6 Å². The Labute approximate surface area is 169 Å². The second-order valence-electron chi connectivity index (χ2n) is 6.53. The molecule has 3 aromatic rings. The van der Waals surface area contributed by atoms with Gasteiger partial charge in [0.15, 0.2) is 0 Å². The molecule has 1 unspecified atom stereocenters. The lowest BCUT2D eigenvalue weighted by molar-refractivity contribution is -0.118. The van der Waals surface area contributed by atoms with Crippen LogP contribution in [0.15, 0.2) is 78.9 Å². The fourth-order valence-electron chi connectivity index (χ4n) is 2.84. The van der Waals surface area contributed by atoms with Crippen molar-refractivity contribution in [1.82, 2.24) is 5.32 Å². The number of anilines is 1. The second-order valence-corrected chi connectivity index (χ2v) is 6.97. The van der Waals surface area contributed by atoms with Crippen LogP contribution in [-0.4, -0.2) is 17.9 Å². The minimum absolute atomic E-state index is 0.292. The van der Waals surface area contributed by atoms with Gasteiger partial charge in [-0.05, 0) is 42.3 Å². The summed E-state index contributed by atoms with van der Waals surface area (Å²) in [5.74, 6) is -0.585. The third-order valence-electron chi connectivity index (χ3n) is 4.40. The van der Waals surface area contributed by atoms with E-state index in [0.717, 1.165) is 11.1 Å². The van der Waals surface area contributed by atoms with E-state index >= 15 is 0 Å². The molecule has 1 atom stereocenters. The van der Waals surface area contributed by atoms with Gasteiger partial charge in [-0.3, -0.25) is 9.59 Å². The molecule has 142 valence electrons. The van der Waals surface area contributed by atoms with Crippen LogP contribution in [-0.2, 0) is 11.2 Å². The molecule has 0 heterocycles. The SMILES string of the molecule is Cc1ccc(Cl)cc1NC(=O)C(Cc1ccccc1)NC(=O)c1ccccc1. The molecule has 2 N–H and O–H groups in total. The Morgan fingerprint density at radius 3 is 2.25 bits per heavy atom. The van der Waals surface area contributed by atoms with E-state index in [1.165, 1.54) is 0 Å². The molecule has 28 heavy (non-hydrogen) atoms. The van der Waals surface area contributed by atoms with Gasteiger partial charge in [0.25, 0.3) is 5.91 Å². The van der Waals surface area contributed by atoms with E-state index in [9.17, 15) is 9.59 Å². The molecule has 0 spiro atoms. The van der Waals surface area contributed by atoms with Crippen molar-refractivity contribution in [3.8, 4) is 0 Å². The normalized spacial score (nSPS) is 11.5. The van der Waals surface area contributed by atoms with E-state index in [2.05, 4.69) is 10.6 Å². The van der Waals surface area contributed by atoms with Gasteiger partial charge in [0.2, 0.25) is 5.91 Å². The van der Waals surface area contributed by atoms with Crippen LogP contribution in [0, 0.1) is 6.92 Å². The van der Waals surface area contributed by atoms with Gasteiger partial charge in [-0.1, -0.05) is 66.2 Å². The van der Waals surface area contributed by atoms with E-state index in [0.29, 0.717) is 22.7 Å². The maximum atomic E-state index is 13.0. The number of amides is 2. The number of nitrogens with one attached hydrogen (secondary N) is 2. The number of aryl methyl sites for hydroxylation is 1. The summed E-state index contributed by atoms with van der Waals surface area (Å²) in [4.78, 5) is 25.6. The molecule has 0 aliphatic rings. The lowest BCUT2D eigenvalue weighted by atomic mass is 10.0. The van der Waals surface area contributed by atoms with Crippen LogP contribution < -0.4 is 10.6 Å². The van der Waals surface area contributed by atoms with Crippen LogP contribution in [0.2, 0.25) is 5.02 Å². The minimum Gasteiger partial charge on any atom is -0.340 e. The van der Waals surface area contributed by atoms with Crippen LogP contribution in [0.1, 0.15) is 21.5 Å². The molecule has 0 saturated heterocycles. The smallest absolute Gasteiger partial charge is 0.251 e. The summed E-state index contributed by atoms with van der Waals surface area (Å²) in [5.41, 5.74) is 2.99.